The van der Waals surface area contributed by atoms with Gasteiger partial charge in [-0.3, -0.25) is 15.0 Å². The van der Waals surface area contributed by atoms with Gasteiger partial charge in [-0.15, -0.1) is 0 Å². The lowest BCUT2D eigenvalue weighted by atomic mass is 10.00. The van der Waals surface area contributed by atoms with Crippen LogP contribution in [-0.4, -0.2) is 38.4 Å². The van der Waals surface area contributed by atoms with E-state index in [1.807, 2.05) is 0 Å². The standard InChI is InChI=1S/C17H20N2O4S/c1-13(19(20)21)17(18(2)3)14-9-11-16(12-10-14)24(22,23)15-7-5-4-6-8-15/h4-13,17H,1-3H3/t13-,17+/m0/s1. The van der Waals surface area contributed by atoms with Crippen LogP contribution < -0.4 is 0 Å². The van der Waals surface area contributed by atoms with E-state index in [-0.39, 0.29) is 14.7 Å². The number of nitrogens with zero attached hydrogens (tertiary/aromatic N) is 2. The third kappa shape index (κ3) is 3.63. The largest absolute Gasteiger partial charge is 0.297 e. The SMILES string of the molecule is C[C@@H]([C@H](c1ccc(S(=O)(=O)c2ccccc2)cc1)N(C)C)[N+](=O)[O-]. The lowest BCUT2D eigenvalue weighted by Crippen LogP contribution is -2.34. The summed E-state index contributed by atoms with van der Waals surface area (Å²) in [5.74, 6) is 0. The summed E-state index contributed by atoms with van der Waals surface area (Å²) < 4.78 is 25.1. The molecule has 128 valence electrons. The van der Waals surface area contributed by atoms with E-state index < -0.39 is 21.9 Å². The van der Waals surface area contributed by atoms with Gasteiger partial charge in [0.15, 0.2) is 0 Å². The summed E-state index contributed by atoms with van der Waals surface area (Å²) in [7, 11) is -0.0594. The molecule has 0 heterocycles. The first-order valence-corrected chi connectivity index (χ1v) is 8.93. The fraction of sp³-hybridized carbons (Fsp3) is 0.294. The Morgan fingerprint density at radius 3 is 1.92 bits per heavy atom. The van der Waals surface area contributed by atoms with Gasteiger partial charge in [0.25, 0.3) is 0 Å². The minimum atomic E-state index is -3.59. The molecule has 7 heteroatoms. The van der Waals surface area contributed by atoms with Crippen molar-refractivity contribution in [3.63, 3.8) is 0 Å². The molecule has 0 bridgehead atoms. The van der Waals surface area contributed by atoms with E-state index in [0.717, 1.165) is 0 Å². The number of benzene rings is 2. The number of rotatable bonds is 6. The molecule has 0 amide bonds. The Hall–Kier alpha value is -2.25. The van der Waals surface area contributed by atoms with Crippen LogP contribution in [-0.2, 0) is 9.84 Å². The molecule has 0 aliphatic rings. The number of hydrogen-bond acceptors (Lipinski definition) is 5. The molecule has 2 aromatic carbocycles. The van der Waals surface area contributed by atoms with Crippen molar-refractivity contribution >= 4 is 9.84 Å². The van der Waals surface area contributed by atoms with E-state index in [2.05, 4.69) is 0 Å². The zero-order chi connectivity index (χ0) is 17.9. The van der Waals surface area contributed by atoms with Crippen LogP contribution in [0.15, 0.2) is 64.4 Å². The summed E-state index contributed by atoms with van der Waals surface area (Å²) in [6.45, 7) is 1.54. The van der Waals surface area contributed by atoms with Crippen LogP contribution in [0.4, 0.5) is 0 Å². The molecular formula is C17H20N2O4S. The van der Waals surface area contributed by atoms with E-state index in [0.29, 0.717) is 5.56 Å². The van der Waals surface area contributed by atoms with Gasteiger partial charge in [-0.25, -0.2) is 8.42 Å². The van der Waals surface area contributed by atoms with Crippen LogP contribution in [0, 0.1) is 10.1 Å². The van der Waals surface area contributed by atoms with Gasteiger partial charge in [-0.1, -0.05) is 30.3 Å². The van der Waals surface area contributed by atoms with E-state index >= 15 is 0 Å². The first-order chi connectivity index (χ1) is 11.2. The topological polar surface area (TPSA) is 80.5 Å². The lowest BCUT2D eigenvalue weighted by Gasteiger charge is -2.25. The highest BCUT2D eigenvalue weighted by Crippen LogP contribution is 2.27. The van der Waals surface area contributed by atoms with Crippen LogP contribution >= 0.6 is 0 Å². The van der Waals surface area contributed by atoms with Crippen LogP contribution in [0.25, 0.3) is 0 Å². The molecule has 0 unspecified atom stereocenters. The number of likely N-dealkylation sites (N-methyl/N-ethyl adjacent to an activating group) is 1. The molecule has 0 N–H and O–H groups in total. The monoisotopic (exact) mass is 348 g/mol. The average Bonchev–Trinajstić information content (AvgIpc) is 2.56. The van der Waals surface area contributed by atoms with Gasteiger partial charge in [0.2, 0.25) is 15.9 Å². The molecule has 6 nitrogen and oxygen atoms in total. The summed E-state index contributed by atoms with van der Waals surface area (Å²) in [5, 5.41) is 11.1. The Bertz CT molecular complexity index is 802. The second-order valence-electron chi connectivity index (χ2n) is 5.82. The smallest absolute Gasteiger partial charge is 0.229 e. The van der Waals surface area contributed by atoms with E-state index in [4.69, 9.17) is 0 Å². The van der Waals surface area contributed by atoms with Crippen molar-refractivity contribution in [3.05, 3.63) is 70.3 Å². The zero-order valence-corrected chi connectivity index (χ0v) is 14.6. The van der Waals surface area contributed by atoms with Crippen LogP contribution in [0.1, 0.15) is 18.5 Å². The minimum absolute atomic E-state index is 0.170. The molecule has 0 aromatic heterocycles. The summed E-state index contributed by atoms with van der Waals surface area (Å²) in [6.07, 6.45) is 0. The predicted octanol–water partition coefficient (Wildman–Crippen LogP) is 2.79. The molecule has 0 saturated heterocycles. The minimum Gasteiger partial charge on any atom is -0.297 e. The summed E-state index contributed by atoms with van der Waals surface area (Å²) in [5.41, 5.74) is 0.705. The van der Waals surface area contributed by atoms with Gasteiger partial charge in [0, 0.05) is 11.8 Å². The Morgan fingerprint density at radius 2 is 1.46 bits per heavy atom. The highest BCUT2D eigenvalue weighted by atomic mass is 32.2. The first kappa shape index (κ1) is 18.1. The normalized spacial score (nSPS) is 14.3. The molecular weight excluding hydrogens is 328 g/mol. The van der Waals surface area contributed by atoms with Gasteiger partial charge >= 0.3 is 0 Å². The Balaban J connectivity index is 2.38. The molecule has 0 saturated carbocycles. The van der Waals surface area contributed by atoms with Crippen LogP contribution in [0.2, 0.25) is 0 Å². The molecule has 2 aromatic rings. The maximum Gasteiger partial charge on any atom is 0.229 e. The van der Waals surface area contributed by atoms with E-state index in [9.17, 15) is 18.5 Å². The van der Waals surface area contributed by atoms with Gasteiger partial charge in [-0.2, -0.15) is 0 Å². The van der Waals surface area contributed by atoms with Crippen molar-refractivity contribution in [2.24, 2.45) is 0 Å². The highest BCUT2D eigenvalue weighted by Gasteiger charge is 2.30. The number of nitro groups is 1. The molecule has 0 radical (unpaired) electrons. The number of sulfone groups is 1. The maximum atomic E-state index is 12.6. The molecule has 2 atom stereocenters. The fourth-order valence-electron chi connectivity index (χ4n) is 2.70. The molecule has 0 aliphatic carbocycles. The predicted molar refractivity (Wildman–Crippen MR) is 91.2 cm³/mol. The van der Waals surface area contributed by atoms with Gasteiger partial charge in [0.05, 0.1) is 9.79 Å². The fourth-order valence-corrected chi connectivity index (χ4v) is 3.99. The second-order valence-corrected chi connectivity index (χ2v) is 7.77. The molecule has 0 fully saturated rings. The van der Waals surface area contributed by atoms with E-state index in [1.165, 1.54) is 12.1 Å². The van der Waals surface area contributed by atoms with Crippen molar-refractivity contribution in [2.45, 2.75) is 28.8 Å². The Kier molecular flexibility index (Phi) is 5.36. The van der Waals surface area contributed by atoms with Crippen LogP contribution in [0.3, 0.4) is 0 Å². The summed E-state index contributed by atoms with van der Waals surface area (Å²) in [6, 6.07) is 13.2. The average molecular weight is 348 g/mol. The third-order valence-corrected chi connectivity index (χ3v) is 5.72. The Morgan fingerprint density at radius 1 is 0.958 bits per heavy atom. The van der Waals surface area contributed by atoms with E-state index in [1.54, 1.807) is 68.4 Å². The lowest BCUT2D eigenvalue weighted by molar-refractivity contribution is -0.526. The van der Waals surface area contributed by atoms with Gasteiger partial charge in [-0.05, 0) is 43.9 Å². The zero-order valence-electron chi connectivity index (χ0n) is 13.8. The molecule has 24 heavy (non-hydrogen) atoms. The Labute approximate surface area is 141 Å². The van der Waals surface area contributed by atoms with Crippen molar-refractivity contribution in [3.8, 4) is 0 Å². The summed E-state index contributed by atoms with van der Waals surface area (Å²) in [4.78, 5) is 12.9. The second kappa shape index (κ2) is 7.11. The van der Waals surface area contributed by atoms with Gasteiger partial charge in [0.1, 0.15) is 6.04 Å². The molecule has 0 aliphatic heterocycles. The highest BCUT2D eigenvalue weighted by molar-refractivity contribution is 7.91. The van der Waals surface area contributed by atoms with Gasteiger partial charge < -0.3 is 0 Å². The molecule has 2 rings (SSSR count). The maximum absolute atomic E-state index is 12.6. The van der Waals surface area contributed by atoms with Crippen LogP contribution in [0.5, 0.6) is 0 Å². The number of hydrogen-bond donors (Lipinski definition) is 0. The quantitative estimate of drug-likeness (QED) is 0.592. The third-order valence-electron chi connectivity index (χ3n) is 3.93. The molecule has 0 spiro atoms. The van der Waals surface area contributed by atoms with Crippen molar-refractivity contribution in [1.29, 1.82) is 0 Å². The van der Waals surface area contributed by atoms with Crippen molar-refractivity contribution in [1.82, 2.24) is 4.90 Å². The summed E-state index contributed by atoms with van der Waals surface area (Å²) >= 11 is 0. The van der Waals surface area contributed by atoms with Crippen molar-refractivity contribution in [2.75, 3.05) is 14.1 Å². The van der Waals surface area contributed by atoms with Crippen molar-refractivity contribution < 1.29 is 13.3 Å². The first-order valence-electron chi connectivity index (χ1n) is 7.45.